The Morgan fingerprint density at radius 2 is 1.29 bits per heavy atom. The molecule has 2 N–H and O–H groups in total. The minimum atomic E-state index is -0.434. The molecule has 7 aromatic rings. The Labute approximate surface area is 283 Å². The molecule has 0 amide bonds. The number of aryl methyl sites for hydroxylation is 2. The van der Waals surface area contributed by atoms with E-state index in [1.165, 1.54) is 93.9 Å². The number of hydrogen-bond donors (Lipinski definition) is 1. The van der Waals surface area contributed by atoms with E-state index in [9.17, 15) is 0 Å². The molecule has 1 nitrogen and oxygen atoms in total. The molecule has 2 aliphatic carbocycles. The van der Waals surface area contributed by atoms with Gasteiger partial charge in [-0.2, -0.15) is 0 Å². The fraction of sp³-hybridized carbons (Fsp3) is 0.149. The second-order valence-electron chi connectivity index (χ2n) is 14.6. The Hall–Kier alpha value is -5.40. The van der Waals surface area contributed by atoms with Gasteiger partial charge in [-0.3, -0.25) is 0 Å². The maximum absolute atomic E-state index is 6.26. The summed E-state index contributed by atoms with van der Waals surface area (Å²) in [7, 11) is 0. The predicted molar refractivity (Wildman–Crippen MR) is 206 cm³/mol. The van der Waals surface area contributed by atoms with E-state index in [4.69, 9.17) is 5.73 Å². The van der Waals surface area contributed by atoms with Gasteiger partial charge in [0.1, 0.15) is 0 Å². The van der Waals surface area contributed by atoms with Gasteiger partial charge in [-0.1, -0.05) is 141 Å². The number of rotatable bonds is 4. The van der Waals surface area contributed by atoms with Crippen LogP contribution in [0.4, 0.5) is 5.69 Å². The molecule has 1 heteroatoms. The van der Waals surface area contributed by atoms with Crippen molar-refractivity contribution < 1.29 is 0 Å². The molecule has 0 saturated carbocycles. The summed E-state index contributed by atoms with van der Waals surface area (Å²) in [6, 6.07) is 44.8. The van der Waals surface area contributed by atoms with Gasteiger partial charge in [-0.25, -0.2) is 0 Å². The van der Waals surface area contributed by atoms with Crippen LogP contribution in [0, 0.1) is 13.8 Å². The molecule has 0 spiro atoms. The van der Waals surface area contributed by atoms with E-state index in [1.807, 2.05) is 12.1 Å². The average Bonchev–Trinajstić information content (AvgIpc) is 3.55. The van der Waals surface area contributed by atoms with E-state index in [0.29, 0.717) is 0 Å². The fourth-order valence-corrected chi connectivity index (χ4v) is 8.99. The first-order valence-corrected chi connectivity index (χ1v) is 17.1. The number of nitrogen functional groups attached to an aromatic ring is 1. The van der Waals surface area contributed by atoms with Gasteiger partial charge in [-0.15, -0.1) is 0 Å². The molecule has 1 atom stereocenters. The van der Waals surface area contributed by atoms with Crippen molar-refractivity contribution in [2.45, 2.75) is 45.4 Å². The normalized spacial score (nSPS) is 15.1. The van der Waals surface area contributed by atoms with Crippen LogP contribution in [0.2, 0.25) is 0 Å². The number of benzene rings is 7. The molecule has 0 saturated heterocycles. The topological polar surface area (TPSA) is 26.0 Å². The van der Waals surface area contributed by atoms with Crippen LogP contribution in [0.3, 0.4) is 0 Å². The van der Waals surface area contributed by atoms with Crippen LogP contribution in [0.1, 0.15) is 59.7 Å². The zero-order valence-electron chi connectivity index (χ0n) is 28.3. The summed E-state index contributed by atoms with van der Waals surface area (Å²) in [6.07, 6.45) is 4.91. The number of anilines is 1. The average molecular weight is 618 g/mol. The quantitative estimate of drug-likeness (QED) is 0.195. The van der Waals surface area contributed by atoms with Crippen LogP contribution in [-0.4, -0.2) is 0 Å². The van der Waals surface area contributed by atoms with Gasteiger partial charge in [0.05, 0.1) is 0 Å². The minimum Gasteiger partial charge on any atom is -0.399 e. The van der Waals surface area contributed by atoms with Crippen molar-refractivity contribution in [3.8, 4) is 33.4 Å². The van der Waals surface area contributed by atoms with Crippen LogP contribution < -0.4 is 5.73 Å². The first-order chi connectivity index (χ1) is 23.2. The highest BCUT2D eigenvalue weighted by Gasteiger charge is 2.39. The van der Waals surface area contributed by atoms with Gasteiger partial charge < -0.3 is 5.73 Å². The van der Waals surface area contributed by atoms with Gasteiger partial charge in [-0.05, 0) is 121 Å². The van der Waals surface area contributed by atoms with Crippen LogP contribution in [-0.2, 0) is 10.8 Å². The number of fused-ring (bicyclic) bond motifs is 8. The third-order valence-corrected chi connectivity index (χ3v) is 11.5. The lowest BCUT2D eigenvalue weighted by molar-refractivity contribution is 0.658. The fourth-order valence-electron chi connectivity index (χ4n) is 8.99. The smallest absolute Gasteiger partial charge is 0.0363 e. The Bertz CT molecular complexity index is 2480. The lowest BCUT2D eigenvalue weighted by Crippen LogP contribution is -2.22. The molecule has 9 rings (SSSR count). The molecule has 1 unspecified atom stereocenters. The lowest BCUT2D eigenvalue weighted by Gasteiger charge is -2.31. The summed E-state index contributed by atoms with van der Waals surface area (Å²) < 4.78 is 0. The van der Waals surface area contributed by atoms with Crippen LogP contribution in [0.15, 0.2) is 127 Å². The molecule has 0 heterocycles. The van der Waals surface area contributed by atoms with Crippen molar-refractivity contribution in [3.05, 3.63) is 166 Å². The summed E-state index contributed by atoms with van der Waals surface area (Å²) in [5.41, 5.74) is 23.8. The van der Waals surface area contributed by atoms with E-state index in [2.05, 4.69) is 156 Å². The maximum atomic E-state index is 6.26. The van der Waals surface area contributed by atoms with E-state index in [1.54, 1.807) is 0 Å². The molecular formula is C47H39N. The highest BCUT2D eigenvalue weighted by molar-refractivity contribution is 6.16. The van der Waals surface area contributed by atoms with Crippen molar-refractivity contribution in [1.82, 2.24) is 0 Å². The SMILES string of the molecule is Cc1ccc2c3c(c(/C=C\C(C)(c4ccc(N)cc4)c4ccc5c6c(cccc46)-c4ccccc4-5)c(C)c2c1)C(C)(C)c1ccccc1-3. The van der Waals surface area contributed by atoms with Gasteiger partial charge in [0, 0.05) is 16.5 Å². The molecule has 48 heavy (non-hydrogen) atoms. The molecule has 0 radical (unpaired) electrons. The molecule has 0 aromatic heterocycles. The molecular weight excluding hydrogens is 579 g/mol. The van der Waals surface area contributed by atoms with Crippen molar-refractivity contribution in [1.29, 1.82) is 0 Å². The largest absolute Gasteiger partial charge is 0.399 e. The summed E-state index contributed by atoms with van der Waals surface area (Å²) >= 11 is 0. The van der Waals surface area contributed by atoms with Crippen LogP contribution in [0.5, 0.6) is 0 Å². The maximum Gasteiger partial charge on any atom is 0.0363 e. The Morgan fingerprint density at radius 3 is 2.04 bits per heavy atom. The minimum absolute atomic E-state index is 0.138. The molecule has 232 valence electrons. The predicted octanol–water partition coefficient (Wildman–Crippen LogP) is 12.2. The molecule has 7 aromatic carbocycles. The summed E-state index contributed by atoms with van der Waals surface area (Å²) in [4.78, 5) is 0. The summed E-state index contributed by atoms with van der Waals surface area (Å²) in [5, 5.41) is 5.32. The van der Waals surface area contributed by atoms with Crippen LogP contribution in [0.25, 0.3) is 61.0 Å². The molecule has 2 aliphatic rings. The van der Waals surface area contributed by atoms with Gasteiger partial charge in [0.15, 0.2) is 0 Å². The van der Waals surface area contributed by atoms with E-state index in [0.717, 1.165) is 5.69 Å². The van der Waals surface area contributed by atoms with Gasteiger partial charge in [0.2, 0.25) is 0 Å². The second-order valence-corrected chi connectivity index (χ2v) is 14.6. The van der Waals surface area contributed by atoms with Crippen molar-refractivity contribution in [2.75, 3.05) is 5.73 Å². The Kier molecular flexibility index (Phi) is 6.03. The second kappa shape index (κ2) is 10.1. The molecule has 0 fully saturated rings. The number of hydrogen-bond acceptors (Lipinski definition) is 1. The lowest BCUT2D eigenvalue weighted by atomic mass is 9.72. The first-order valence-electron chi connectivity index (χ1n) is 17.1. The highest BCUT2D eigenvalue weighted by Crippen LogP contribution is 2.55. The monoisotopic (exact) mass is 617 g/mol. The molecule has 0 bridgehead atoms. The third-order valence-electron chi connectivity index (χ3n) is 11.5. The molecule has 0 aliphatic heterocycles. The van der Waals surface area contributed by atoms with Crippen LogP contribution >= 0.6 is 0 Å². The van der Waals surface area contributed by atoms with Gasteiger partial charge in [0.25, 0.3) is 0 Å². The van der Waals surface area contributed by atoms with E-state index >= 15 is 0 Å². The Morgan fingerprint density at radius 1 is 0.625 bits per heavy atom. The zero-order chi connectivity index (χ0) is 32.9. The third kappa shape index (κ3) is 3.85. The van der Waals surface area contributed by atoms with Gasteiger partial charge >= 0.3 is 0 Å². The van der Waals surface area contributed by atoms with E-state index < -0.39 is 5.41 Å². The van der Waals surface area contributed by atoms with Crippen molar-refractivity contribution >= 4 is 33.3 Å². The standard InChI is InChI=1S/C47H39N/c1-28-17-22-37-40(27-28)29(2)32(45-44(37)38-13-8-9-16-41(38)46(45,3)4)25-26-47(5,30-18-20-31(48)21-19-30)42-24-23-36-34-12-7-6-11-33(34)35-14-10-15-39(42)43(35)36/h6-27H,48H2,1-5H3/b26-25-. The first kappa shape index (κ1) is 28.8. The van der Waals surface area contributed by atoms with E-state index in [-0.39, 0.29) is 5.41 Å². The van der Waals surface area contributed by atoms with Crippen molar-refractivity contribution in [3.63, 3.8) is 0 Å². The summed E-state index contributed by atoms with van der Waals surface area (Å²) in [6.45, 7) is 11.7. The highest BCUT2D eigenvalue weighted by atomic mass is 14.5. The van der Waals surface area contributed by atoms with Crippen molar-refractivity contribution in [2.24, 2.45) is 0 Å². The Balaban J connectivity index is 1.33. The number of nitrogens with two attached hydrogens (primary N) is 1. The summed E-state index contributed by atoms with van der Waals surface area (Å²) in [5.74, 6) is 0. The zero-order valence-corrected chi connectivity index (χ0v) is 28.3. The number of allylic oxidation sites excluding steroid dienone is 1.